The first-order valence-corrected chi connectivity index (χ1v) is 7.20. The zero-order chi connectivity index (χ0) is 16.5. The van der Waals surface area contributed by atoms with Gasteiger partial charge in [-0.15, -0.1) is 0 Å². The van der Waals surface area contributed by atoms with Crippen molar-refractivity contribution >= 4 is 21.7 Å². The fourth-order valence-corrected chi connectivity index (χ4v) is 2.68. The molecule has 0 heterocycles. The molecule has 0 aliphatic heterocycles. The maximum atomic E-state index is 13.2. The van der Waals surface area contributed by atoms with Crippen LogP contribution in [0.3, 0.4) is 0 Å². The molecule has 2 rings (SSSR count). The number of aromatic carboxylic acids is 1. The number of anilines is 1. The highest BCUT2D eigenvalue weighted by Crippen LogP contribution is 2.20. The minimum atomic E-state index is -4.28. The first-order chi connectivity index (χ1) is 10.2. The van der Waals surface area contributed by atoms with Gasteiger partial charge in [-0.3, -0.25) is 4.72 Å². The number of halogens is 3. The molecular weight excluding hydrogens is 323 g/mol. The molecule has 9 heteroatoms. The Labute approximate surface area is 123 Å². The van der Waals surface area contributed by atoms with Crippen LogP contribution in [0, 0.1) is 17.5 Å². The monoisotopic (exact) mass is 331 g/mol. The summed E-state index contributed by atoms with van der Waals surface area (Å²) in [5.41, 5.74) is -1.09. The Balaban J connectivity index is 2.40. The minimum absolute atomic E-state index is 0.264. The van der Waals surface area contributed by atoms with E-state index in [1.54, 1.807) is 0 Å². The predicted molar refractivity (Wildman–Crippen MR) is 70.5 cm³/mol. The summed E-state index contributed by atoms with van der Waals surface area (Å²) >= 11 is 0. The van der Waals surface area contributed by atoms with E-state index < -0.39 is 43.9 Å². The van der Waals surface area contributed by atoms with E-state index in [1.165, 1.54) is 0 Å². The number of nitrogens with one attached hydrogen (secondary N) is 1. The molecule has 2 aromatic carbocycles. The Bertz CT molecular complexity index is 852. The van der Waals surface area contributed by atoms with E-state index in [9.17, 15) is 26.4 Å². The number of carboxylic acids is 1. The number of hydrogen-bond acceptors (Lipinski definition) is 3. The summed E-state index contributed by atoms with van der Waals surface area (Å²) in [5.74, 6) is -5.15. The maximum absolute atomic E-state index is 13.2. The summed E-state index contributed by atoms with van der Waals surface area (Å²) in [6, 6.07) is 4.49. The van der Waals surface area contributed by atoms with Crippen molar-refractivity contribution in [3.8, 4) is 0 Å². The lowest BCUT2D eigenvalue weighted by atomic mass is 10.2. The van der Waals surface area contributed by atoms with Gasteiger partial charge in [0, 0.05) is 6.07 Å². The zero-order valence-electron chi connectivity index (χ0n) is 10.7. The number of rotatable bonds is 4. The number of sulfonamides is 1. The van der Waals surface area contributed by atoms with Crippen LogP contribution in [0.25, 0.3) is 0 Å². The second-order valence-electron chi connectivity index (χ2n) is 4.18. The topological polar surface area (TPSA) is 83.5 Å². The molecule has 0 aliphatic rings. The van der Waals surface area contributed by atoms with Crippen molar-refractivity contribution in [2.24, 2.45) is 0 Å². The van der Waals surface area contributed by atoms with Crippen LogP contribution in [0.2, 0.25) is 0 Å². The normalized spacial score (nSPS) is 11.2. The third-order valence-electron chi connectivity index (χ3n) is 2.65. The standard InChI is InChI=1S/C13H8F3NO4S/c14-10-4-2-8(6-9(10)13(18)19)22(20,21)17-7-1-3-11(15)12(16)5-7/h1-6,17H,(H,18,19). The average molecular weight is 331 g/mol. The molecule has 0 unspecified atom stereocenters. The smallest absolute Gasteiger partial charge is 0.338 e. The largest absolute Gasteiger partial charge is 0.478 e. The van der Waals surface area contributed by atoms with Crippen molar-refractivity contribution in [3.05, 3.63) is 59.4 Å². The lowest BCUT2D eigenvalue weighted by Crippen LogP contribution is -2.14. The molecule has 22 heavy (non-hydrogen) atoms. The van der Waals surface area contributed by atoms with Gasteiger partial charge in [-0.25, -0.2) is 26.4 Å². The van der Waals surface area contributed by atoms with E-state index in [-0.39, 0.29) is 5.69 Å². The van der Waals surface area contributed by atoms with E-state index >= 15 is 0 Å². The maximum Gasteiger partial charge on any atom is 0.338 e. The highest BCUT2D eigenvalue weighted by atomic mass is 32.2. The SMILES string of the molecule is O=C(O)c1cc(S(=O)(=O)Nc2ccc(F)c(F)c2)ccc1F. The highest BCUT2D eigenvalue weighted by molar-refractivity contribution is 7.92. The van der Waals surface area contributed by atoms with E-state index in [1.807, 2.05) is 4.72 Å². The first-order valence-electron chi connectivity index (χ1n) is 5.71. The summed E-state index contributed by atoms with van der Waals surface area (Å²) in [7, 11) is -4.28. The molecule has 5 nitrogen and oxygen atoms in total. The zero-order valence-corrected chi connectivity index (χ0v) is 11.5. The van der Waals surface area contributed by atoms with Crippen molar-refractivity contribution in [3.63, 3.8) is 0 Å². The Kier molecular flexibility index (Phi) is 4.09. The van der Waals surface area contributed by atoms with Crippen molar-refractivity contribution in [2.45, 2.75) is 4.90 Å². The Hall–Kier alpha value is -2.55. The molecule has 0 amide bonds. The fraction of sp³-hybridized carbons (Fsp3) is 0. The van der Waals surface area contributed by atoms with Crippen LogP contribution in [-0.2, 0) is 10.0 Å². The van der Waals surface area contributed by atoms with Gasteiger partial charge in [0.1, 0.15) is 5.82 Å². The van der Waals surface area contributed by atoms with Crippen LogP contribution < -0.4 is 4.72 Å². The third kappa shape index (κ3) is 3.19. The summed E-state index contributed by atoms with van der Waals surface area (Å²) in [5, 5.41) is 8.77. The van der Waals surface area contributed by atoms with E-state index in [0.717, 1.165) is 18.2 Å². The van der Waals surface area contributed by atoms with Gasteiger partial charge in [0.15, 0.2) is 11.6 Å². The van der Waals surface area contributed by atoms with Gasteiger partial charge in [0.2, 0.25) is 0 Å². The number of hydrogen-bond donors (Lipinski definition) is 2. The fourth-order valence-electron chi connectivity index (χ4n) is 1.61. The third-order valence-corrected chi connectivity index (χ3v) is 4.03. The lowest BCUT2D eigenvalue weighted by Gasteiger charge is -2.09. The quantitative estimate of drug-likeness (QED) is 0.902. The molecule has 2 N–H and O–H groups in total. The molecule has 0 aliphatic carbocycles. The lowest BCUT2D eigenvalue weighted by molar-refractivity contribution is 0.0691. The summed E-state index contributed by atoms with van der Waals surface area (Å²) < 4.78 is 65.1. The first kappa shape index (κ1) is 15.8. The van der Waals surface area contributed by atoms with Gasteiger partial charge >= 0.3 is 5.97 Å². The molecule has 0 aromatic heterocycles. The predicted octanol–water partition coefficient (Wildman–Crippen LogP) is 2.60. The van der Waals surface area contributed by atoms with Crippen LogP contribution in [0.4, 0.5) is 18.9 Å². The van der Waals surface area contributed by atoms with Crippen molar-refractivity contribution in [1.82, 2.24) is 0 Å². The molecule has 0 atom stereocenters. The molecule has 2 aromatic rings. The molecule has 116 valence electrons. The molecule has 0 spiro atoms. The van der Waals surface area contributed by atoms with Gasteiger partial charge in [-0.2, -0.15) is 0 Å². The number of carbonyl (C=O) groups is 1. The van der Waals surface area contributed by atoms with Gasteiger partial charge in [0.25, 0.3) is 10.0 Å². The Morgan fingerprint density at radius 3 is 2.18 bits per heavy atom. The second-order valence-corrected chi connectivity index (χ2v) is 5.86. The summed E-state index contributed by atoms with van der Waals surface area (Å²) in [4.78, 5) is 10.3. The minimum Gasteiger partial charge on any atom is -0.478 e. The van der Waals surface area contributed by atoms with Crippen molar-refractivity contribution in [1.29, 1.82) is 0 Å². The highest BCUT2D eigenvalue weighted by Gasteiger charge is 2.19. The average Bonchev–Trinajstić information content (AvgIpc) is 2.42. The summed E-state index contributed by atoms with van der Waals surface area (Å²) in [6.45, 7) is 0. The van der Waals surface area contributed by atoms with E-state index in [4.69, 9.17) is 5.11 Å². The van der Waals surface area contributed by atoms with E-state index in [2.05, 4.69) is 0 Å². The van der Waals surface area contributed by atoms with Crippen LogP contribution in [0.1, 0.15) is 10.4 Å². The second kappa shape index (κ2) is 5.68. The van der Waals surface area contributed by atoms with E-state index in [0.29, 0.717) is 18.2 Å². The molecule has 0 bridgehead atoms. The molecule has 0 saturated carbocycles. The molecule has 0 fully saturated rings. The van der Waals surface area contributed by atoms with Crippen LogP contribution in [0.5, 0.6) is 0 Å². The van der Waals surface area contributed by atoms with Gasteiger partial charge in [-0.1, -0.05) is 0 Å². The van der Waals surface area contributed by atoms with Gasteiger partial charge < -0.3 is 5.11 Å². The number of carboxylic acid groups (broad SMARTS) is 1. The molecule has 0 saturated heterocycles. The number of benzene rings is 2. The van der Waals surface area contributed by atoms with Crippen LogP contribution >= 0.6 is 0 Å². The molecular formula is C13H8F3NO4S. The van der Waals surface area contributed by atoms with Gasteiger partial charge in [0.05, 0.1) is 16.1 Å². The van der Waals surface area contributed by atoms with Crippen molar-refractivity contribution in [2.75, 3.05) is 4.72 Å². The Morgan fingerprint density at radius 2 is 1.59 bits per heavy atom. The molecule has 0 radical (unpaired) electrons. The van der Waals surface area contributed by atoms with Gasteiger partial charge in [-0.05, 0) is 30.3 Å². The Morgan fingerprint density at radius 1 is 0.955 bits per heavy atom. The van der Waals surface area contributed by atoms with Crippen molar-refractivity contribution < 1.29 is 31.5 Å². The van der Waals surface area contributed by atoms with Crippen LogP contribution in [-0.4, -0.2) is 19.5 Å². The van der Waals surface area contributed by atoms with Crippen LogP contribution in [0.15, 0.2) is 41.3 Å². The summed E-state index contributed by atoms with van der Waals surface area (Å²) in [6.07, 6.45) is 0.